The number of hydrogen-bond donors (Lipinski definition) is 1. The zero-order chi connectivity index (χ0) is 23.1. The molecule has 7 heteroatoms. The van der Waals surface area contributed by atoms with Crippen molar-refractivity contribution in [3.63, 3.8) is 0 Å². The van der Waals surface area contributed by atoms with Crippen molar-refractivity contribution in [1.82, 2.24) is 14.3 Å². The Morgan fingerprint density at radius 1 is 0.853 bits per heavy atom. The molecule has 1 aromatic heterocycles. The average molecular weight is 471 g/mol. The fourth-order valence-corrected chi connectivity index (χ4v) is 6.00. The maximum Gasteiger partial charge on any atom is 0.243 e. The Labute approximate surface area is 199 Å². The summed E-state index contributed by atoms with van der Waals surface area (Å²) in [5.74, 6) is 0.874. The van der Waals surface area contributed by atoms with Gasteiger partial charge in [-0.25, -0.2) is 18.4 Å². The lowest BCUT2D eigenvalue weighted by Crippen LogP contribution is -2.32. The Morgan fingerprint density at radius 2 is 1.65 bits per heavy atom. The molecule has 2 aliphatic rings. The first-order valence-corrected chi connectivity index (χ1v) is 13.2. The minimum atomic E-state index is -3.55. The predicted octanol–water partition coefficient (Wildman–Crippen LogP) is 5.22. The van der Waals surface area contributed by atoms with Crippen LogP contribution in [0.5, 0.6) is 0 Å². The van der Waals surface area contributed by atoms with Crippen LogP contribution in [0, 0.1) is 0 Å². The molecule has 1 N–H and O–H groups in total. The molecule has 0 unspecified atom stereocenters. The summed E-state index contributed by atoms with van der Waals surface area (Å²) in [5, 5.41) is 4.51. The third-order valence-electron chi connectivity index (χ3n) is 6.46. The molecule has 172 valence electrons. The molecule has 2 saturated carbocycles. The highest BCUT2D eigenvalue weighted by Gasteiger charge is 2.38. The van der Waals surface area contributed by atoms with E-state index in [2.05, 4.69) is 39.6 Å². The van der Waals surface area contributed by atoms with Crippen molar-refractivity contribution < 1.29 is 8.42 Å². The number of rotatable bonds is 8. The molecule has 0 spiro atoms. The minimum absolute atomic E-state index is 0.0720. The van der Waals surface area contributed by atoms with Crippen LogP contribution in [0.15, 0.2) is 84.0 Å². The van der Waals surface area contributed by atoms with Crippen LogP contribution in [0.25, 0.3) is 22.0 Å². The molecule has 0 saturated heterocycles. The highest BCUT2D eigenvalue weighted by molar-refractivity contribution is 7.89. The van der Waals surface area contributed by atoms with Gasteiger partial charge >= 0.3 is 0 Å². The van der Waals surface area contributed by atoms with Crippen molar-refractivity contribution in [2.75, 3.05) is 5.32 Å². The number of nitrogens with one attached hydrogen (secondary N) is 1. The summed E-state index contributed by atoms with van der Waals surface area (Å²) in [6, 6.07) is 23.7. The largest absolute Gasteiger partial charge is 0.367 e. The summed E-state index contributed by atoms with van der Waals surface area (Å²) < 4.78 is 28.4. The van der Waals surface area contributed by atoms with Crippen LogP contribution in [0.2, 0.25) is 0 Å². The van der Waals surface area contributed by atoms with Gasteiger partial charge in [0.25, 0.3) is 0 Å². The van der Waals surface area contributed by atoms with Crippen molar-refractivity contribution >= 4 is 26.7 Å². The lowest BCUT2D eigenvalue weighted by atomic mass is 10.0. The van der Waals surface area contributed by atoms with Crippen molar-refractivity contribution in [3.8, 4) is 11.1 Å². The van der Waals surface area contributed by atoms with E-state index < -0.39 is 10.0 Å². The molecule has 0 atom stereocenters. The fraction of sp³-hybridized carbons (Fsp3) is 0.259. The predicted molar refractivity (Wildman–Crippen MR) is 134 cm³/mol. The number of aromatic nitrogens is 2. The summed E-state index contributed by atoms with van der Waals surface area (Å²) in [6.07, 6.45) is 5.78. The first-order valence-electron chi connectivity index (χ1n) is 11.8. The van der Waals surface area contributed by atoms with Crippen LogP contribution in [-0.2, 0) is 16.6 Å². The number of nitrogens with zero attached hydrogens (tertiary/aromatic N) is 3. The van der Waals surface area contributed by atoms with Gasteiger partial charge in [-0.1, -0.05) is 42.5 Å². The Balaban J connectivity index is 1.32. The molecule has 6 rings (SSSR count). The van der Waals surface area contributed by atoms with Crippen molar-refractivity contribution in [1.29, 1.82) is 0 Å². The number of fused-ring (bicyclic) bond motifs is 1. The van der Waals surface area contributed by atoms with Crippen molar-refractivity contribution in [3.05, 3.63) is 84.7 Å². The zero-order valence-corrected chi connectivity index (χ0v) is 19.6. The number of hydrogen-bond acceptors (Lipinski definition) is 5. The molecular formula is C27H26N4O2S. The van der Waals surface area contributed by atoms with Gasteiger partial charge in [-0.2, -0.15) is 4.31 Å². The maximum absolute atomic E-state index is 13.4. The molecule has 0 bridgehead atoms. The molecule has 2 fully saturated rings. The summed E-state index contributed by atoms with van der Waals surface area (Å²) in [4.78, 5) is 9.23. The van der Waals surface area contributed by atoms with Crippen LogP contribution in [0.3, 0.4) is 0 Å². The second-order valence-electron chi connectivity index (χ2n) is 9.17. The molecule has 1 heterocycles. The lowest BCUT2D eigenvalue weighted by molar-refractivity contribution is 0.398. The summed E-state index contributed by atoms with van der Waals surface area (Å²) in [5.41, 5.74) is 4.00. The van der Waals surface area contributed by atoms with E-state index in [1.807, 2.05) is 24.3 Å². The molecule has 0 radical (unpaired) electrons. The normalized spacial score (nSPS) is 16.1. The molecule has 6 nitrogen and oxygen atoms in total. The third kappa shape index (κ3) is 4.29. The maximum atomic E-state index is 13.4. The van der Waals surface area contributed by atoms with Crippen LogP contribution in [0.1, 0.15) is 31.2 Å². The second kappa shape index (κ2) is 8.49. The van der Waals surface area contributed by atoms with Gasteiger partial charge in [0, 0.05) is 24.0 Å². The highest BCUT2D eigenvalue weighted by Crippen LogP contribution is 2.35. The van der Waals surface area contributed by atoms with Crippen LogP contribution < -0.4 is 5.32 Å². The third-order valence-corrected chi connectivity index (χ3v) is 8.37. The topological polar surface area (TPSA) is 75.2 Å². The molecule has 3 aromatic carbocycles. The van der Waals surface area contributed by atoms with Crippen LogP contribution in [0.4, 0.5) is 5.82 Å². The highest BCUT2D eigenvalue weighted by atomic mass is 32.2. The Hall–Kier alpha value is -3.29. The van der Waals surface area contributed by atoms with E-state index in [0.717, 1.165) is 46.3 Å². The SMILES string of the molecule is O=S(=O)(c1ccccc1)N(Cc1cccc(-c2ccc3ncnc(NC4CC4)c3c2)c1)C1CC1. The van der Waals surface area contributed by atoms with Crippen molar-refractivity contribution in [2.45, 2.75) is 49.2 Å². The van der Waals surface area contributed by atoms with Crippen LogP contribution in [-0.4, -0.2) is 34.8 Å². The first-order chi connectivity index (χ1) is 16.6. The standard InChI is InChI=1S/C27H26N4O2S/c32-34(33,24-7-2-1-3-8-24)31(23-12-13-23)17-19-5-4-6-20(15-19)21-9-14-26-25(16-21)27(29-18-28-26)30-22-10-11-22/h1-9,14-16,18,22-23H,10-13,17H2,(H,28,29,30). The zero-order valence-electron chi connectivity index (χ0n) is 18.8. The minimum Gasteiger partial charge on any atom is -0.367 e. The second-order valence-corrected chi connectivity index (χ2v) is 11.1. The van der Waals surface area contributed by atoms with Gasteiger partial charge in [-0.05, 0) is 72.7 Å². The van der Waals surface area contributed by atoms with Crippen molar-refractivity contribution in [2.24, 2.45) is 0 Å². The van der Waals surface area contributed by atoms with E-state index in [1.165, 1.54) is 12.8 Å². The van der Waals surface area contributed by atoms with E-state index in [0.29, 0.717) is 17.5 Å². The van der Waals surface area contributed by atoms with Gasteiger partial charge in [0.1, 0.15) is 12.1 Å². The molecule has 4 aromatic rings. The van der Waals surface area contributed by atoms with Gasteiger partial charge in [0.15, 0.2) is 0 Å². The van der Waals surface area contributed by atoms with Crippen LogP contribution >= 0.6 is 0 Å². The fourth-order valence-electron chi connectivity index (χ4n) is 4.30. The number of sulfonamides is 1. The first kappa shape index (κ1) is 21.3. The number of benzene rings is 3. The van der Waals surface area contributed by atoms with Gasteiger partial charge in [-0.15, -0.1) is 0 Å². The van der Waals surface area contributed by atoms with Gasteiger partial charge in [0.2, 0.25) is 10.0 Å². The summed E-state index contributed by atoms with van der Waals surface area (Å²) >= 11 is 0. The molecule has 34 heavy (non-hydrogen) atoms. The van der Waals surface area contributed by atoms with Gasteiger partial charge < -0.3 is 5.32 Å². The summed E-state index contributed by atoms with van der Waals surface area (Å²) in [7, 11) is -3.55. The Bertz CT molecular complexity index is 1450. The van der Waals surface area contributed by atoms with Gasteiger partial charge in [0.05, 0.1) is 10.4 Å². The molecule has 0 amide bonds. The average Bonchev–Trinajstić information content (AvgIpc) is 3.79. The quantitative estimate of drug-likeness (QED) is 0.382. The lowest BCUT2D eigenvalue weighted by Gasteiger charge is -2.22. The van der Waals surface area contributed by atoms with Gasteiger partial charge in [-0.3, -0.25) is 0 Å². The molecule has 0 aliphatic heterocycles. The molecular weight excluding hydrogens is 444 g/mol. The van der Waals surface area contributed by atoms with E-state index in [-0.39, 0.29) is 6.04 Å². The van der Waals surface area contributed by atoms with E-state index in [4.69, 9.17) is 0 Å². The monoisotopic (exact) mass is 470 g/mol. The Morgan fingerprint density at radius 3 is 2.41 bits per heavy atom. The Kier molecular flexibility index (Phi) is 5.31. The smallest absolute Gasteiger partial charge is 0.243 e. The van der Waals surface area contributed by atoms with E-state index in [1.54, 1.807) is 34.9 Å². The van der Waals surface area contributed by atoms with E-state index >= 15 is 0 Å². The van der Waals surface area contributed by atoms with E-state index in [9.17, 15) is 8.42 Å². The number of anilines is 1. The molecule has 2 aliphatic carbocycles. The summed E-state index contributed by atoms with van der Waals surface area (Å²) in [6.45, 7) is 0.362.